The van der Waals surface area contributed by atoms with Gasteiger partial charge in [0.15, 0.2) is 7.10 Å². The molecule has 1 aliphatic rings. The van der Waals surface area contributed by atoms with Crippen molar-refractivity contribution in [3.05, 3.63) is 0 Å². The molecule has 1 rings (SSSR count). The van der Waals surface area contributed by atoms with Crippen molar-refractivity contribution in [1.29, 1.82) is 0 Å². The first-order valence-corrected chi connectivity index (χ1v) is 8.79. The fourth-order valence-electron chi connectivity index (χ4n) is 0.747. The molecule has 1 aliphatic heterocycles. The quantitative estimate of drug-likeness (QED) is 0.294. The van der Waals surface area contributed by atoms with E-state index < -0.39 is 7.10 Å². The van der Waals surface area contributed by atoms with Gasteiger partial charge in [0.25, 0.3) is 0 Å². The Morgan fingerprint density at radius 3 is 2.82 bits per heavy atom. The predicted octanol–water partition coefficient (Wildman–Crippen LogP) is 0.872. The van der Waals surface area contributed by atoms with Crippen LogP contribution in [0.3, 0.4) is 0 Å². The van der Waals surface area contributed by atoms with Gasteiger partial charge >= 0.3 is 0 Å². The molecule has 0 spiro atoms. The van der Waals surface area contributed by atoms with Crippen LogP contribution < -0.4 is 0 Å². The molecule has 0 radical (unpaired) electrons. The first kappa shape index (κ1) is 9.92. The molecule has 0 N–H and O–H groups in total. The number of rotatable bonds is 6. The molecule has 1 unspecified atom stereocenters. The second-order valence-corrected chi connectivity index (χ2v) is 9.15. The first-order valence-electron chi connectivity index (χ1n) is 3.84. The van der Waals surface area contributed by atoms with Crippen LogP contribution in [0, 0.1) is 0 Å². The Hall–Kier alpha value is 0.837. The van der Waals surface area contributed by atoms with Crippen molar-refractivity contribution in [3.8, 4) is 0 Å². The molecule has 0 aromatic carbocycles. The highest BCUT2D eigenvalue weighted by molar-refractivity contribution is 8.40. The third-order valence-corrected chi connectivity index (χ3v) is 3.93. The van der Waals surface area contributed by atoms with Crippen LogP contribution in [-0.4, -0.2) is 33.0 Å². The predicted molar refractivity (Wildman–Crippen MR) is 55.1 cm³/mol. The summed E-state index contributed by atoms with van der Waals surface area (Å²) in [5.74, 6) is 0. The SMILES string of the molecule is S[SiH](S)CCCOCC1CO1. The Labute approximate surface area is 79.4 Å². The van der Waals surface area contributed by atoms with Crippen molar-refractivity contribution >= 4 is 31.3 Å². The van der Waals surface area contributed by atoms with Crippen LogP contribution in [0.2, 0.25) is 6.04 Å². The Balaban J connectivity index is 1.73. The van der Waals surface area contributed by atoms with Gasteiger partial charge < -0.3 is 9.47 Å². The largest absolute Gasteiger partial charge is 0.379 e. The molecule has 1 heterocycles. The highest BCUT2D eigenvalue weighted by Crippen LogP contribution is 2.09. The summed E-state index contributed by atoms with van der Waals surface area (Å²) in [6.45, 7) is 2.49. The van der Waals surface area contributed by atoms with E-state index in [1.165, 1.54) is 0 Å². The van der Waals surface area contributed by atoms with Crippen LogP contribution in [0.4, 0.5) is 0 Å². The molecule has 0 aromatic rings. The minimum absolute atomic E-state index is 0.398. The summed E-state index contributed by atoms with van der Waals surface area (Å²) in [5, 5.41) is 0. The molecule has 5 heteroatoms. The Kier molecular flexibility index (Phi) is 4.94. The van der Waals surface area contributed by atoms with Gasteiger partial charge in [0.1, 0.15) is 6.10 Å². The molecule has 1 fully saturated rings. The maximum absolute atomic E-state index is 5.34. The Bertz CT molecular complexity index is 105. The second-order valence-electron chi connectivity index (χ2n) is 2.65. The smallest absolute Gasteiger partial charge is 0.153 e. The average molecular weight is 210 g/mol. The molecule has 11 heavy (non-hydrogen) atoms. The monoisotopic (exact) mass is 210 g/mol. The first-order chi connectivity index (χ1) is 5.29. The minimum atomic E-state index is -0.944. The van der Waals surface area contributed by atoms with Gasteiger partial charge in [-0.15, -0.1) is 0 Å². The van der Waals surface area contributed by atoms with Crippen LogP contribution in [0.25, 0.3) is 0 Å². The maximum atomic E-state index is 5.34. The summed E-state index contributed by atoms with van der Waals surface area (Å²) in [6, 6.07) is 1.14. The fraction of sp³-hybridized carbons (Fsp3) is 1.00. The summed E-state index contributed by atoms with van der Waals surface area (Å²) in [4.78, 5) is 0. The Morgan fingerprint density at radius 1 is 1.55 bits per heavy atom. The molecule has 1 saturated heterocycles. The molecule has 0 aromatic heterocycles. The van der Waals surface area contributed by atoms with E-state index in [-0.39, 0.29) is 0 Å². The number of epoxide rings is 1. The number of ether oxygens (including phenoxy) is 2. The van der Waals surface area contributed by atoms with E-state index >= 15 is 0 Å². The van der Waals surface area contributed by atoms with Gasteiger partial charge in [-0.25, -0.2) is 0 Å². The molecule has 1 atom stereocenters. The second kappa shape index (κ2) is 5.48. The van der Waals surface area contributed by atoms with Crippen LogP contribution in [0.15, 0.2) is 0 Å². The zero-order valence-corrected chi connectivity index (χ0v) is 9.34. The zero-order chi connectivity index (χ0) is 8.10. The number of thiol groups is 2. The highest BCUT2D eigenvalue weighted by atomic mass is 32.5. The van der Waals surface area contributed by atoms with Crippen molar-refractivity contribution in [3.63, 3.8) is 0 Å². The van der Waals surface area contributed by atoms with Gasteiger partial charge in [-0.3, -0.25) is 0 Å². The highest BCUT2D eigenvalue weighted by Gasteiger charge is 2.21. The molecule has 0 amide bonds. The van der Waals surface area contributed by atoms with E-state index in [1.54, 1.807) is 0 Å². The number of hydrogen-bond donors (Lipinski definition) is 2. The number of hydrogen-bond acceptors (Lipinski definition) is 4. The average Bonchev–Trinajstić information content (AvgIpc) is 2.70. The lowest BCUT2D eigenvalue weighted by Gasteiger charge is -2.02. The lowest BCUT2D eigenvalue weighted by Crippen LogP contribution is -2.04. The van der Waals surface area contributed by atoms with E-state index in [0.29, 0.717) is 6.10 Å². The summed E-state index contributed by atoms with van der Waals surface area (Å²) in [5.41, 5.74) is 0. The molecule has 2 nitrogen and oxygen atoms in total. The van der Waals surface area contributed by atoms with Gasteiger partial charge in [-0.1, -0.05) is 0 Å². The van der Waals surface area contributed by atoms with Crippen molar-refractivity contribution < 1.29 is 9.47 Å². The lowest BCUT2D eigenvalue weighted by molar-refractivity contribution is 0.117. The van der Waals surface area contributed by atoms with Gasteiger partial charge in [0.05, 0.1) is 13.2 Å². The van der Waals surface area contributed by atoms with Crippen LogP contribution in [-0.2, 0) is 9.47 Å². The fourth-order valence-corrected chi connectivity index (χ4v) is 2.37. The lowest BCUT2D eigenvalue weighted by atomic mass is 10.5. The van der Waals surface area contributed by atoms with Gasteiger partial charge in [-0.05, 0) is 12.5 Å². The summed E-state index contributed by atoms with van der Waals surface area (Å²) in [6.07, 6.45) is 1.49. The van der Waals surface area contributed by atoms with Crippen molar-refractivity contribution in [2.45, 2.75) is 18.6 Å². The van der Waals surface area contributed by atoms with Gasteiger partial charge in [-0.2, -0.15) is 24.2 Å². The molecule has 0 saturated carbocycles. The third-order valence-electron chi connectivity index (χ3n) is 1.46. The van der Waals surface area contributed by atoms with Crippen LogP contribution in [0.1, 0.15) is 6.42 Å². The molecular formula is C6H14O2S2Si. The third kappa shape index (κ3) is 6.04. The van der Waals surface area contributed by atoms with Gasteiger partial charge in [0, 0.05) is 6.61 Å². The maximum Gasteiger partial charge on any atom is 0.153 e. The minimum Gasteiger partial charge on any atom is -0.379 e. The van der Waals surface area contributed by atoms with E-state index in [9.17, 15) is 0 Å². The van der Waals surface area contributed by atoms with Crippen molar-refractivity contribution in [1.82, 2.24) is 0 Å². The van der Waals surface area contributed by atoms with Gasteiger partial charge in [0.2, 0.25) is 0 Å². The molecule has 0 bridgehead atoms. The molecular weight excluding hydrogens is 196 g/mol. The zero-order valence-electron chi connectivity index (χ0n) is 6.40. The normalized spacial score (nSPS) is 22.6. The van der Waals surface area contributed by atoms with E-state index in [1.807, 2.05) is 0 Å². The molecule has 0 aliphatic carbocycles. The summed E-state index contributed by atoms with van der Waals surface area (Å²) in [7, 11) is -0.944. The van der Waals surface area contributed by atoms with E-state index in [0.717, 1.165) is 32.3 Å². The van der Waals surface area contributed by atoms with E-state index in [2.05, 4.69) is 24.2 Å². The van der Waals surface area contributed by atoms with Crippen LogP contribution in [0.5, 0.6) is 0 Å². The van der Waals surface area contributed by atoms with Crippen molar-refractivity contribution in [2.24, 2.45) is 0 Å². The topological polar surface area (TPSA) is 21.8 Å². The molecule has 66 valence electrons. The standard InChI is InChI=1S/C6H14O2S2Si/c9-11(10)3-1-2-7-4-6-5-8-6/h6,9-11H,1-5H2. The van der Waals surface area contributed by atoms with E-state index in [4.69, 9.17) is 9.47 Å². The van der Waals surface area contributed by atoms with Crippen molar-refractivity contribution in [2.75, 3.05) is 19.8 Å². The summed E-state index contributed by atoms with van der Waals surface area (Å²) >= 11 is 8.55. The summed E-state index contributed by atoms with van der Waals surface area (Å²) < 4.78 is 10.3. The Morgan fingerprint density at radius 2 is 2.27 bits per heavy atom. The van der Waals surface area contributed by atoms with Crippen LogP contribution >= 0.6 is 24.2 Å².